The number of nitrogens with one attached hydrogen (secondary N) is 2. The largest absolute Gasteiger partial charge is 0.265 e. The first-order valence-corrected chi connectivity index (χ1v) is 6.52. The zero-order valence-corrected chi connectivity index (χ0v) is 10.4. The Balaban J connectivity index is 1.95. The van der Waals surface area contributed by atoms with Crippen molar-refractivity contribution in [2.24, 2.45) is 0 Å². The molecule has 2 aromatic heterocycles. The third kappa shape index (κ3) is 2.09. The van der Waals surface area contributed by atoms with Crippen molar-refractivity contribution < 1.29 is 0 Å². The van der Waals surface area contributed by atoms with Gasteiger partial charge in [-0.05, 0) is 25.5 Å². The van der Waals surface area contributed by atoms with Gasteiger partial charge in [-0.15, -0.1) is 11.3 Å². The van der Waals surface area contributed by atoms with Crippen molar-refractivity contribution in [3.05, 3.63) is 35.1 Å². The molecule has 3 heterocycles. The minimum atomic E-state index is 0.406. The van der Waals surface area contributed by atoms with Crippen LogP contribution < -0.4 is 10.9 Å². The summed E-state index contributed by atoms with van der Waals surface area (Å²) in [7, 11) is 0. The lowest BCUT2D eigenvalue weighted by Crippen LogP contribution is -2.24. The number of rotatable bonds is 2. The SMILES string of the molecule is Cc1nc(-c2ccncc2)sc1C1CCNN1. The molecule has 0 saturated carbocycles. The van der Waals surface area contributed by atoms with Crippen molar-refractivity contribution >= 4 is 11.3 Å². The third-order valence-electron chi connectivity index (χ3n) is 2.91. The van der Waals surface area contributed by atoms with Crippen molar-refractivity contribution in [3.8, 4) is 10.6 Å². The van der Waals surface area contributed by atoms with E-state index in [-0.39, 0.29) is 0 Å². The monoisotopic (exact) mass is 246 g/mol. The molecule has 1 saturated heterocycles. The Bertz CT molecular complexity index is 502. The molecule has 0 aliphatic carbocycles. The van der Waals surface area contributed by atoms with Gasteiger partial charge in [0.1, 0.15) is 5.01 Å². The van der Waals surface area contributed by atoms with Crippen LogP contribution in [0.25, 0.3) is 10.6 Å². The molecule has 2 N–H and O–H groups in total. The van der Waals surface area contributed by atoms with Crippen molar-refractivity contribution in [1.82, 2.24) is 20.8 Å². The summed E-state index contributed by atoms with van der Waals surface area (Å²) in [5.74, 6) is 0. The Morgan fingerprint density at radius 3 is 2.88 bits per heavy atom. The molecule has 1 atom stereocenters. The zero-order valence-electron chi connectivity index (χ0n) is 9.60. The highest BCUT2D eigenvalue weighted by molar-refractivity contribution is 7.15. The van der Waals surface area contributed by atoms with E-state index in [0.717, 1.165) is 29.2 Å². The van der Waals surface area contributed by atoms with Gasteiger partial charge in [-0.1, -0.05) is 0 Å². The van der Waals surface area contributed by atoms with E-state index < -0.39 is 0 Å². The fourth-order valence-corrected chi connectivity index (χ4v) is 3.19. The van der Waals surface area contributed by atoms with Gasteiger partial charge in [0.15, 0.2) is 0 Å². The van der Waals surface area contributed by atoms with Gasteiger partial charge in [-0.25, -0.2) is 10.4 Å². The molecule has 0 amide bonds. The maximum atomic E-state index is 4.65. The number of hydrazine groups is 1. The van der Waals surface area contributed by atoms with Gasteiger partial charge >= 0.3 is 0 Å². The van der Waals surface area contributed by atoms with E-state index in [1.807, 2.05) is 12.1 Å². The molecule has 3 rings (SSSR count). The molecule has 1 unspecified atom stereocenters. The van der Waals surface area contributed by atoms with Gasteiger partial charge in [-0.2, -0.15) is 0 Å². The molecule has 2 aromatic rings. The smallest absolute Gasteiger partial charge is 0.124 e. The number of aromatic nitrogens is 2. The van der Waals surface area contributed by atoms with Crippen molar-refractivity contribution in [2.75, 3.05) is 6.54 Å². The van der Waals surface area contributed by atoms with E-state index >= 15 is 0 Å². The van der Waals surface area contributed by atoms with Gasteiger partial charge in [0.2, 0.25) is 0 Å². The topological polar surface area (TPSA) is 49.8 Å². The summed E-state index contributed by atoms with van der Waals surface area (Å²) in [6.07, 6.45) is 4.74. The Labute approximate surface area is 104 Å². The lowest BCUT2D eigenvalue weighted by Gasteiger charge is -2.06. The van der Waals surface area contributed by atoms with Crippen LogP contribution in [0.5, 0.6) is 0 Å². The number of aryl methyl sites for hydroxylation is 1. The fourth-order valence-electron chi connectivity index (χ4n) is 2.03. The Hall–Kier alpha value is -1.30. The molecule has 4 nitrogen and oxygen atoms in total. The van der Waals surface area contributed by atoms with Gasteiger partial charge in [0.25, 0.3) is 0 Å². The van der Waals surface area contributed by atoms with Crippen molar-refractivity contribution in [1.29, 1.82) is 0 Å². The predicted molar refractivity (Wildman–Crippen MR) is 68.6 cm³/mol. The van der Waals surface area contributed by atoms with E-state index in [1.54, 1.807) is 23.7 Å². The highest BCUT2D eigenvalue weighted by atomic mass is 32.1. The van der Waals surface area contributed by atoms with Crippen molar-refractivity contribution in [3.63, 3.8) is 0 Å². The van der Waals surface area contributed by atoms with Crippen LogP contribution in [0.1, 0.15) is 23.0 Å². The second-order valence-corrected chi connectivity index (χ2v) is 5.15. The summed E-state index contributed by atoms with van der Waals surface area (Å²) in [5.41, 5.74) is 8.72. The summed E-state index contributed by atoms with van der Waals surface area (Å²) in [6.45, 7) is 3.10. The lowest BCUT2D eigenvalue weighted by molar-refractivity contribution is 0.585. The molecule has 0 radical (unpaired) electrons. The standard InChI is InChI=1S/C12H14N4S/c1-8-11(10-4-7-14-16-10)17-12(15-8)9-2-5-13-6-3-9/h2-3,5-6,10,14,16H,4,7H2,1H3. The van der Waals surface area contributed by atoms with Crippen LogP contribution in [-0.4, -0.2) is 16.5 Å². The van der Waals surface area contributed by atoms with E-state index in [0.29, 0.717) is 6.04 Å². The van der Waals surface area contributed by atoms with Crippen LogP contribution in [0.15, 0.2) is 24.5 Å². The summed E-state index contributed by atoms with van der Waals surface area (Å²) in [6, 6.07) is 4.41. The van der Waals surface area contributed by atoms with Gasteiger partial charge in [0.05, 0.1) is 11.7 Å². The van der Waals surface area contributed by atoms with Crippen LogP contribution in [0.2, 0.25) is 0 Å². The number of hydrogen-bond donors (Lipinski definition) is 2. The third-order valence-corrected chi connectivity index (χ3v) is 4.23. The van der Waals surface area contributed by atoms with Gasteiger partial charge in [0, 0.05) is 29.4 Å². The average molecular weight is 246 g/mol. The Morgan fingerprint density at radius 2 is 2.18 bits per heavy atom. The van der Waals surface area contributed by atoms with E-state index in [4.69, 9.17) is 0 Å². The molecule has 0 spiro atoms. The minimum Gasteiger partial charge on any atom is -0.265 e. The summed E-state index contributed by atoms with van der Waals surface area (Å²) < 4.78 is 0. The quantitative estimate of drug-likeness (QED) is 0.851. The van der Waals surface area contributed by atoms with Crippen molar-refractivity contribution in [2.45, 2.75) is 19.4 Å². The van der Waals surface area contributed by atoms with Crippen LogP contribution in [0, 0.1) is 6.92 Å². The number of hydrogen-bond acceptors (Lipinski definition) is 5. The highest BCUT2D eigenvalue weighted by Crippen LogP contribution is 2.33. The van der Waals surface area contributed by atoms with Crippen LogP contribution in [0.3, 0.4) is 0 Å². The fraction of sp³-hybridized carbons (Fsp3) is 0.333. The number of nitrogens with zero attached hydrogens (tertiary/aromatic N) is 2. The normalized spacial score (nSPS) is 19.7. The lowest BCUT2D eigenvalue weighted by atomic mass is 10.2. The van der Waals surface area contributed by atoms with Crippen LogP contribution >= 0.6 is 11.3 Å². The second-order valence-electron chi connectivity index (χ2n) is 4.12. The molecular formula is C12H14N4S. The highest BCUT2D eigenvalue weighted by Gasteiger charge is 2.21. The Morgan fingerprint density at radius 1 is 1.35 bits per heavy atom. The summed E-state index contributed by atoms with van der Waals surface area (Å²) in [5, 5.41) is 1.08. The minimum absolute atomic E-state index is 0.406. The molecule has 17 heavy (non-hydrogen) atoms. The first kappa shape index (κ1) is 10.8. The summed E-state index contributed by atoms with van der Waals surface area (Å²) in [4.78, 5) is 10.0. The molecule has 0 aromatic carbocycles. The Kier molecular flexibility index (Phi) is 2.88. The van der Waals surface area contributed by atoms with Gasteiger partial charge < -0.3 is 0 Å². The first-order valence-electron chi connectivity index (χ1n) is 5.71. The molecule has 1 aliphatic heterocycles. The van der Waals surface area contributed by atoms with E-state index in [2.05, 4.69) is 27.7 Å². The first-order chi connectivity index (χ1) is 8.34. The van der Waals surface area contributed by atoms with E-state index in [1.165, 1.54) is 4.88 Å². The molecule has 88 valence electrons. The number of thiazole rings is 1. The molecule has 1 fully saturated rings. The molecule has 0 bridgehead atoms. The maximum Gasteiger partial charge on any atom is 0.124 e. The average Bonchev–Trinajstić information content (AvgIpc) is 2.99. The zero-order chi connectivity index (χ0) is 11.7. The predicted octanol–water partition coefficient (Wildman–Crippen LogP) is 2.05. The van der Waals surface area contributed by atoms with Gasteiger partial charge in [-0.3, -0.25) is 10.4 Å². The molecular weight excluding hydrogens is 232 g/mol. The van der Waals surface area contributed by atoms with Crippen LogP contribution in [0.4, 0.5) is 0 Å². The van der Waals surface area contributed by atoms with E-state index in [9.17, 15) is 0 Å². The van der Waals surface area contributed by atoms with Crippen LogP contribution in [-0.2, 0) is 0 Å². The molecule has 5 heteroatoms. The number of pyridine rings is 1. The molecule has 1 aliphatic rings. The second kappa shape index (κ2) is 4.52. The summed E-state index contributed by atoms with van der Waals surface area (Å²) >= 11 is 1.77. The maximum absolute atomic E-state index is 4.65.